The number of hydrogen-bond donors (Lipinski definition) is 1. The Labute approximate surface area is 122 Å². The predicted molar refractivity (Wildman–Crippen MR) is 84.2 cm³/mol. The molecule has 4 heteroatoms. The van der Waals surface area contributed by atoms with Crippen LogP contribution in [0.25, 0.3) is 0 Å². The number of carbonyl (C=O) groups excluding carboxylic acids is 1. The summed E-state index contributed by atoms with van der Waals surface area (Å²) in [4.78, 5) is 18.5. The zero-order valence-electron chi connectivity index (χ0n) is 13.4. The number of amides is 1. The van der Waals surface area contributed by atoms with Crippen LogP contribution in [0.3, 0.4) is 0 Å². The van der Waals surface area contributed by atoms with Gasteiger partial charge in [0.2, 0.25) is 0 Å². The maximum absolute atomic E-state index is 12.5. The van der Waals surface area contributed by atoms with Gasteiger partial charge in [-0.3, -0.25) is 9.78 Å². The van der Waals surface area contributed by atoms with Gasteiger partial charge in [0.1, 0.15) is 0 Å². The number of anilines is 1. The van der Waals surface area contributed by atoms with Crippen LogP contribution < -0.4 is 5.32 Å². The molecule has 4 nitrogen and oxygen atoms in total. The van der Waals surface area contributed by atoms with Gasteiger partial charge in [-0.05, 0) is 31.7 Å². The second kappa shape index (κ2) is 7.88. The van der Waals surface area contributed by atoms with Crippen LogP contribution in [0.4, 0.5) is 5.69 Å². The minimum atomic E-state index is 0.0387. The summed E-state index contributed by atoms with van der Waals surface area (Å²) in [6.07, 6.45) is 3.72. The molecule has 1 heterocycles. The van der Waals surface area contributed by atoms with E-state index in [0.717, 1.165) is 37.3 Å². The lowest BCUT2D eigenvalue weighted by atomic mass is 10.1. The Hall–Kier alpha value is -1.58. The number of pyridine rings is 1. The third kappa shape index (κ3) is 4.83. The summed E-state index contributed by atoms with van der Waals surface area (Å²) in [5.74, 6) is 0.635. The number of nitrogens with zero attached hydrogens (tertiary/aromatic N) is 2. The predicted octanol–water partition coefficient (Wildman–Crippen LogP) is 3.33. The molecule has 0 aliphatic rings. The van der Waals surface area contributed by atoms with Crippen molar-refractivity contribution in [1.29, 1.82) is 0 Å². The first-order chi connectivity index (χ1) is 9.45. The molecule has 0 radical (unpaired) electrons. The van der Waals surface area contributed by atoms with Gasteiger partial charge >= 0.3 is 0 Å². The highest BCUT2D eigenvalue weighted by atomic mass is 16.2. The number of rotatable bonds is 7. The lowest BCUT2D eigenvalue weighted by Gasteiger charge is -2.20. The van der Waals surface area contributed by atoms with E-state index in [1.54, 1.807) is 11.1 Å². The number of hydrogen-bond acceptors (Lipinski definition) is 3. The number of nitrogens with one attached hydrogen (secondary N) is 1. The van der Waals surface area contributed by atoms with Crippen LogP contribution in [0.5, 0.6) is 0 Å². The van der Waals surface area contributed by atoms with Crippen LogP contribution in [0, 0.1) is 12.8 Å². The lowest BCUT2D eigenvalue weighted by molar-refractivity contribution is 0.0789. The largest absolute Gasteiger partial charge is 0.384 e. The molecule has 0 saturated heterocycles. The maximum Gasteiger partial charge on any atom is 0.257 e. The average molecular weight is 277 g/mol. The Kier molecular flexibility index (Phi) is 6.49. The molecule has 0 atom stereocenters. The average Bonchev–Trinajstić information content (AvgIpc) is 2.41. The zero-order valence-corrected chi connectivity index (χ0v) is 13.4. The minimum absolute atomic E-state index is 0.0387. The summed E-state index contributed by atoms with van der Waals surface area (Å²) in [6, 6.07) is 1.94. The van der Waals surface area contributed by atoms with Gasteiger partial charge in [0.25, 0.3) is 5.91 Å². The van der Waals surface area contributed by atoms with Crippen molar-refractivity contribution in [3.8, 4) is 0 Å². The monoisotopic (exact) mass is 277 g/mol. The molecule has 1 rings (SSSR count). The fourth-order valence-corrected chi connectivity index (χ4v) is 1.90. The Morgan fingerprint density at radius 3 is 2.75 bits per heavy atom. The smallest absolute Gasteiger partial charge is 0.257 e. The molecule has 1 N–H and O–H groups in total. The van der Waals surface area contributed by atoms with Gasteiger partial charge in [-0.25, -0.2) is 0 Å². The Morgan fingerprint density at radius 1 is 1.45 bits per heavy atom. The van der Waals surface area contributed by atoms with Crippen molar-refractivity contribution in [2.75, 3.05) is 25.5 Å². The lowest BCUT2D eigenvalue weighted by Crippen LogP contribution is -2.29. The van der Waals surface area contributed by atoms with Crippen LogP contribution in [-0.2, 0) is 0 Å². The molecular weight excluding hydrogens is 250 g/mol. The van der Waals surface area contributed by atoms with Gasteiger partial charge in [-0.15, -0.1) is 0 Å². The van der Waals surface area contributed by atoms with Crippen LogP contribution in [-0.4, -0.2) is 35.9 Å². The summed E-state index contributed by atoms with van der Waals surface area (Å²) in [5, 5.41) is 3.32. The van der Waals surface area contributed by atoms with E-state index in [2.05, 4.69) is 31.1 Å². The fraction of sp³-hybridized carbons (Fsp3) is 0.625. The minimum Gasteiger partial charge on any atom is -0.384 e. The maximum atomic E-state index is 12.5. The van der Waals surface area contributed by atoms with E-state index >= 15 is 0 Å². The van der Waals surface area contributed by atoms with E-state index in [0.29, 0.717) is 11.5 Å². The van der Waals surface area contributed by atoms with Crippen molar-refractivity contribution in [1.82, 2.24) is 9.88 Å². The van der Waals surface area contributed by atoms with Crippen molar-refractivity contribution in [3.63, 3.8) is 0 Å². The van der Waals surface area contributed by atoms with E-state index in [-0.39, 0.29) is 5.91 Å². The third-order valence-corrected chi connectivity index (χ3v) is 3.23. The molecule has 1 aromatic heterocycles. The van der Waals surface area contributed by atoms with E-state index < -0.39 is 0 Å². The van der Waals surface area contributed by atoms with Gasteiger partial charge < -0.3 is 10.2 Å². The van der Waals surface area contributed by atoms with Crippen LogP contribution in [0.2, 0.25) is 0 Å². The summed E-state index contributed by atoms with van der Waals surface area (Å²) in [6.45, 7) is 10.0. The summed E-state index contributed by atoms with van der Waals surface area (Å²) in [5.41, 5.74) is 2.47. The normalized spacial score (nSPS) is 10.7. The van der Waals surface area contributed by atoms with E-state index in [4.69, 9.17) is 0 Å². The summed E-state index contributed by atoms with van der Waals surface area (Å²) in [7, 11) is 1.86. The molecule has 0 aliphatic heterocycles. The second-order valence-electron chi connectivity index (χ2n) is 5.71. The molecule has 1 amide bonds. The molecule has 0 saturated carbocycles. The summed E-state index contributed by atoms with van der Waals surface area (Å²) >= 11 is 0. The van der Waals surface area contributed by atoms with E-state index in [9.17, 15) is 4.79 Å². The number of aryl methyl sites for hydroxylation is 1. The molecule has 1 aromatic rings. The van der Waals surface area contributed by atoms with E-state index in [1.165, 1.54) is 0 Å². The molecule has 112 valence electrons. The Bertz CT molecular complexity index is 443. The highest BCUT2D eigenvalue weighted by Gasteiger charge is 2.16. The van der Waals surface area contributed by atoms with Gasteiger partial charge in [0, 0.05) is 32.0 Å². The standard InChI is InChI=1S/C16H27N3O/c1-6-8-17-15-10-13(4)18-11-14(15)16(20)19(5)9-7-12(2)3/h10-12H,6-9H2,1-5H3,(H,17,18). The van der Waals surface area contributed by atoms with Crippen LogP contribution >= 0.6 is 0 Å². The highest BCUT2D eigenvalue weighted by molar-refractivity contribution is 5.99. The summed E-state index contributed by atoms with van der Waals surface area (Å²) < 4.78 is 0. The third-order valence-electron chi connectivity index (χ3n) is 3.23. The van der Waals surface area contributed by atoms with Crippen molar-refractivity contribution in [3.05, 3.63) is 23.5 Å². The first-order valence-electron chi connectivity index (χ1n) is 7.41. The van der Waals surface area contributed by atoms with Gasteiger partial charge in [-0.1, -0.05) is 20.8 Å². The zero-order chi connectivity index (χ0) is 15.1. The topological polar surface area (TPSA) is 45.2 Å². The SMILES string of the molecule is CCCNc1cc(C)ncc1C(=O)N(C)CCC(C)C. The second-order valence-corrected chi connectivity index (χ2v) is 5.71. The molecule has 0 spiro atoms. The van der Waals surface area contributed by atoms with Gasteiger partial charge in [0.05, 0.1) is 11.3 Å². The Balaban J connectivity index is 2.85. The number of carbonyl (C=O) groups is 1. The first-order valence-corrected chi connectivity index (χ1v) is 7.41. The van der Waals surface area contributed by atoms with Crippen molar-refractivity contribution in [2.24, 2.45) is 5.92 Å². The Morgan fingerprint density at radius 2 is 2.15 bits per heavy atom. The van der Waals surface area contributed by atoms with Crippen molar-refractivity contribution in [2.45, 2.75) is 40.5 Å². The quantitative estimate of drug-likeness (QED) is 0.831. The molecule has 0 unspecified atom stereocenters. The molecule has 0 aliphatic carbocycles. The highest BCUT2D eigenvalue weighted by Crippen LogP contribution is 2.18. The van der Waals surface area contributed by atoms with Gasteiger partial charge in [-0.2, -0.15) is 0 Å². The first kappa shape index (κ1) is 16.5. The molecule has 0 aromatic carbocycles. The fourth-order valence-electron chi connectivity index (χ4n) is 1.90. The molecular formula is C16H27N3O. The van der Waals surface area contributed by atoms with Crippen LogP contribution in [0.1, 0.15) is 49.7 Å². The van der Waals surface area contributed by atoms with Crippen LogP contribution in [0.15, 0.2) is 12.3 Å². The molecule has 0 fully saturated rings. The van der Waals surface area contributed by atoms with Crippen molar-refractivity contribution >= 4 is 11.6 Å². The molecule has 20 heavy (non-hydrogen) atoms. The van der Waals surface area contributed by atoms with Crippen molar-refractivity contribution < 1.29 is 4.79 Å². The number of aromatic nitrogens is 1. The molecule has 0 bridgehead atoms. The van der Waals surface area contributed by atoms with E-state index in [1.807, 2.05) is 20.0 Å². The van der Waals surface area contributed by atoms with Gasteiger partial charge in [0.15, 0.2) is 0 Å².